The summed E-state index contributed by atoms with van der Waals surface area (Å²) in [6, 6.07) is 8.48. The van der Waals surface area contributed by atoms with Crippen molar-refractivity contribution in [1.29, 1.82) is 0 Å². The summed E-state index contributed by atoms with van der Waals surface area (Å²) >= 11 is 0. The molecular weight excluding hydrogens is 675 g/mol. The van der Waals surface area contributed by atoms with Gasteiger partial charge in [-0.2, -0.15) is 17.2 Å². The van der Waals surface area contributed by atoms with Crippen molar-refractivity contribution < 1.29 is 44.3 Å². The molecule has 2 aromatic rings. The Morgan fingerprint density at radius 1 is 0.521 bits per heavy atom. The molecule has 264 valence electrons. The molecule has 13 heteroatoms. The molecule has 0 unspecified atom stereocenters. The van der Waals surface area contributed by atoms with Gasteiger partial charge in [-0.05, 0) is 68.9 Å². The third kappa shape index (κ3) is 11.7. The predicted octanol–water partition coefficient (Wildman–Crippen LogP) is 2.83. The van der Waals surface area contributed by atoms with E-state index in [9.17, 15) is 40.0 Å². The molecule has 0 heterocycles. The van der Waals surface area contributed by atoms with Crippen LogP contribution in [0.5, 0.6) is 0 Å². The summed E-state index contributed by atoms with van der Waals surface area (Å²) < 4.78 is 3.16. The first kappa shape index (κ1) is 50.6. The monoisotopic (exact) mass is 730 g/mol. The van der Waals surface area contributed by atoms with Gasteiger partial charge in [0.05, 0.1) is 25.2 Å². The molecule has 0 fully saturated rings. The molecule has 0 amide bonds. The number of aliphatic hydroxyl groups is 4. The molecular formula is C35H56Mg2O9P2. The summed E-state index contributed by atoms with van der Waals surface area (Å²) in [6.45, 7) is 27.9. The Hall–Kier alpha value is 0.472. The second-order valence-corrected chi connectivity index (χ2v) is 18.0. The SMILES string of the molecule is Cc1cc(C(C)(C)C)c(C(O)(c2c(C(C)(C)C)cc(C)cc2C(C)(C)C)C(CO)(CO)CO)c(C(C)(C)C)c1.[Mg+2].[Mg+2].[O-]P([O-])OP([O-])[O-]. The molecule has 0 bridgehead atoms. The zero-order valence-corrected chi connectivity index (χ0v) is 36.2. The molecule has 0 spiro atoms. The molecule has 9 nitrogen and oxygen atoms in total. The van der Waals surface area contributed by atoms with Gasteiger partial charge in [-0.3, -0.25) is 0 Å². The fourth-order valence-electron chi connectivity index (χ4n) is 5.92. The van der Waals surface area contributed by atoms with Crippen molar-refractivity contribution in [3.05, 3.63) is 68.8 Å². The van der Waals surface area contributed by atoms with E-state index in [1.54, 1.807) is 0 Å². The smallest absolute Gasteiger partial charge is 0.820 e. The number of rotatable bonds is 8. The zero-order valence-electron chi connectivity index (χ0n) is 31.6. The van der Waals surface area contributed by atoms with Crippen LogP contribution in [0.1, 0.15) is 128 Å². The maximum Gasteiger partial charge on any atom is 2.00 e. The fraction of sp³-hybridized carbons (Fsp3) is 0.657. The molecule has 0 radical (unpaired) electrons. The summed E-state index contributed by atoms with van der Waals surface area (Å²) in [5.74, 6) is 0. The molecule has 0 aliphatic rings. The zero-order chi connectivity index (χ0) is 36.4. The molecule has 2 aromatic carbocycles. The van der Waals surface area contributed by atoms with Gasteiger partial charge in [-0.1, -0.05) is 118 Å². The van der Waals surface area contributed by atoms with Crippen LogP contribution in [0, 0.1) is 19.3 Å². The number of hydrogen-bond acceptors (Lipinski definition) is 9. The first-order valence-electron chi connectivity index (χ1n) is 15.4. The number of aliphatic hydroxyl groups excluding tert-OH is 3. The van der Waals surface area contributed by atoms with Gasteiger partial charge in [0.15, 0.2) is 0 Å². The van der Waals surface area contributed by atoms with E-state index in [0.29, 0.717) is 11.1 Å². The average Bonchev–Trinajstić information content (AvgIpc) is 2.86. The molecule has 48 heavy (non-hydrogen) atoms. The van der Waals surface area contributed by atoms with Crippen LogP contribution in [-0.2, 0) is 31.6 Å². The summed E-state index contributed by atoms with van der Waals surface area (Å²) in [5, 5.41) is 46.9. The van der Waals surface area contributed by atoms with E-state index in [1.165, 1.54) is 0 Å². The van der Waals surface area contributed by atoms with E-state index in [2.05, 4.69) is 126 Å². The van der Waals surface area contributed by atoms with Crippen molar-refractivity contribution in [2.75, 3.05) is 19.8 Å². The van der Waals surface area contributed by atoms with Crippen molar-refractivity contribution in [3.8, 4) is 0 Å². The molecule has 0 saturated heterocycles. The third-order valence-electron chi connectivity index (χ3n) is 8.33. The van der Waals surface area contributed by atoms with E-state index < -0.39 is 48.0 Å². The first-order chi connectivity index (χ1) is 20.5. The van der Waals surface area contributed by atoms with Gasteiger partial charge in [-0.25, -0.2) is 0 Å². The molecule has 0 aliphatic carbocycles. The van der Waals surface area contributed by atoms with Crippen LogP contribution < -0.4 is 19.6 Å². The standard InChI is InChI=1S/C35H56O4.2Mg.O5P2/c1-22-15-24(30(3,4)5)28(25(16-22)31(6,7)8)35(39,34(19-36,20-37)21-38)29-26(32(9,10)11)17-23(2)18-27(29)33(12,13)14;;;1-6(2)5-7(3)4/h15-18,36-39H,19-21H2,1-14H3;;;/q;2*+2;-4. The van der Waals surface area contributed by atoms with Gasteiger partial charge in [0.1, 0.15) is 5.60 Å². The van der Waals surface area contributed by atoms with Crippen LogP contribution in [0.15, 0.2) is 24.3 Å². The molecule has 4 N–H and O–H groups in total. The van der Waals surface area contributed by atoms with Crippen molar-refractivity contribution in [3.63, 3.8) is 0 Å². The minimum absolute atomic E-state index is 0. The molecule has 0 aliphatic heterocycles. The maximum absolute atomic E-state index is 13.7. The van der Waals surface area contributed by atoms with Crippen LogP contribution in [0.3, 0.4) is 0 Å². The normalized spacial score (nSPS) is 13.2. The molecule has 0 aromatic heterocycles. The molecule has 0 saturated carbocycles. The van der Waals surface area contributed by atoms with Crippen LogP contribution in [0.25, 0.3) is 0 Å². The quantitative estimate of drug-likeness (QED) is 0.235. The second kappa shape index (κ2) is 18.5. The Morgan fingerprint density at radius 3 is 0.854 bits per heavy atom. The number of benzene rings is 2. The maximum atomic E-state index is 13.7. The van der Waals surface area contributed by atoms with Gasteiger partial charge in [-0.15, -0.1) is 0 Å². The topological polar surface area (TPSA) is 182 Å². The van der Waals surface area contributed by atoms with Gasteiger partial charge in [0, 0.05) is 0 Å². The van der Waals surface area contributed by atoms with Crippen LogP contribution in [-0.4, -0.2) is 86.4 Å². The van der Waals surface area contributed by atoms with Crippen LogP contribution in [0.4, 0.5) is 0 Å². The second-order valence-electron chi connectivity index (χ2n) is 16.5. The number of hydrogen-bond donors (Lipinski definition) is 4. The van der Waals surface area contributed by atoms with Crippen molar-refractivity contribution in [2.45, 2.75) is 124 Å². The van der Waals surface area contributed by atoms with E-state index >= 15 is 0 Å². The van der Waals surface area contributed by atoms with Gasteiger partial charge >= 0.3 is 46.1 Å². The van der Waals surface area contributed by atoms with Crippen molar-refractivity contribution in [1.82, 2.24) is 0 Å². The summed E-state index contributed by atoms with van der Waals surface area (Å²) in [4.78, 5) is 37.0. The van der Waals surface area contributed by atoms with Gasteiger partial charge in [0.25, 0.3) is 0 Å². The Balaban J connectivity index is 0. The Kier molecular flexibility index (Phi) is 19.5. The van der Waals surface area contributed by atoms with Crippen LogP contribution in [0.2, 0.25) is 0 Å². The van der Waals surface area contributed by atoms with Gasteiger partial charge in [0.2, 0.25) is 0 Å². The van der Waals surface area contributed by atoms with Crippen molar-refractivity contribution in [2.24, 2.45) is 5.41 Å². The minimum Gasteiger partial charge on any atom is -0.820 e. The van der Waals surface area contributed by atoms with E-state index in [4.69, 9.17) is 0 Å². The summed E-state index contributed by atoms with van der Waals surface area (Å²) in [6.07, 6.45) is 0. The molecule has 2 rings (SSSR count). The van der Waals surface area contributed by atoms with Crippen molar-refractivity contribution >= 4 is 63.3 Å². The first-order valence-corrected chi connectivity index (χ1v) is 17.6. The van der Waals surface area contributed by atoms with E-state index in [1.807, 2.05) is 0 Å². The van der Waals surface area contributed by atoms with Gasteiger partial charge < -0.3 is 44.3 Å². The Morgan fingerprint density at radius 2 is 0.729 bits per heavy atom. The van der Waals surface area contributed by atoms with Crippen LogP contribution >= 0.6 is 17.2 Å². The fourth-order valence-corrected chi connectivity index (χ4v) is 6.36. The van der Waals surface area contributed by atoms with E-state index in [-0.39, 0.29) is 67.8 Å². The number of aryl methyl sites for hydroxylation is 2. The Bertz CT molecular complexity index is 1150. The van der Waals surface area contributed by atoms with E-state index in [0.717, 1.165) is 33.4 Å². The third-order valence-corrected chi connectivity index (χ3v) is 9.40. The summed E-state index contributed by atoms with van der Waals surface area (Å²) in [7, 11) is -6.47. The Labute approximate surface area is 323 Å². The molecule has 0 atom stereocenters. The average molecular weight is 731 g/mol. The largest absolute Gasteiger partial charge is 2.00 e. The summed E-state index contributed by atoms with van der Waals surface area (Å²) in [5.41, 5.74) is 2.15. The minimum atomic E-state index is -3.24. The predicted molar refractivity (Wildman–Crippen MR) is 190 cm³/mol.